The van der Waals surface area contributed by atoms with Crippen LogP contribution in [0.1, 0.15) is 24.2 Å². The second kappa shape index (κ2) is 6.50. The first-order chi connectivity index (χ1) is 9.58. The zero-order valence-electron chi connectivity index (χ0n) is 12.5. The van der Waals surface area contributed by atoms with E-state index >= 15 is 0 Å². The van der Waals surface area contributed by atoms with Crippen LogP contribution in [0.5, 0.6) is 5.75 Å². The maximum Gasteiger partial charge on any atom is 0.241 e. The number of nitrogens with one attached hydrogen (secondary N) is 1. The smallest absolute Gasteiger partial charge is 0.241 e. The monoisotopic (exact) mass is 294 g/mol. The Labute approximate surface area is 124 Å². The fourth-order valence-corrected chi connectivity index (χ4v) is 2.93. The second-order valence-electron chi connectivity index (χ2n) is 5.04. The highest BCUT2D eigenvalue weighted by molar-refractivity contribution is 7.98. The minimum absolute atomic E-state index is 0.0331. The van der Waals surface area contributed by atoms with Gasteiger partial charge in [0.15, 0.2) is 0 Å². The summed E-state index contributed by atoms with van der Waals surface area (Å²) in [5.41, 5.74) is 2.20. The van der Waals surface area contributed by atoms with E-state index in [-0.39, 0.29) is 18.1 Å². The Bertz CT molecular complexity index is 493. The lowest BCUT2D eigenvalue weighted by Crippen LogP contribution is -2.32. The number of amides is 1. The van der Waals surface area contributed by atoms with Gasteiger partial charge in [0.25, 0.3) is 0 Å². The summed E-state index contributed by atoms with van der Waals surface area (Å²) >= 11 is 1.76. The van der Waals surface area contributed by atoms with Crippen molar-refractivity contribution in [1.82, 2.24) is 10.2 Å². The van der Waals surface area contributed by atoms with E-state index in [0.717, 1.165) is 29.2 Å². The highest BCUT2D eigenvalue weighted by Crippen LogP contribution is 2.28. The number of nitrogens with zero attached hydrogens (tertiary/aromatic N) is 1. The normalized spacial score (nSPS) is 22.4. The fraction of sp³-hybridized carbons (Fsp3) is 0.533. The predicted octanol–water partition coefficient (Wildman–Crippen LogP) is 2.19. The van der Waals surface area contributed by atoms with Crippen LogP contribution in [-0.4, -0.2) is 42.5 Å². The van der Waals surface area contributed by atoms with E-state index in [0.29, 0.717) is 0 Å². The SMILES string of the molecule is COc1ccc(C2NC(C)C(=O)N2CCSC)cc1C. The van der Waals surface area contributed by atoms with Crippen molar-refractivity contribution in [3.05, 3.63) is 29.3 Å². The van der Waals surface area contributed by atoms with Gasteiger partial charge in [0, 0.05) is 12.3 Å². The van der Waals surface area contributed by atoms with Crippen molar-refractivity contribution in [3.8, 4) is 5.75 Å². The molecule has 2 atom stereocenters. The standard InChI is InChI=1S/C15H22N2O2S/c1-10-9-12(5-6-13(10)19-3)14-16-11(2)15(18)17(14)7-8-20-4/h5-6,9,11,14,16H,7-8H2,1-4H3. The number of hydrogen-bond donors (Lipinski definition) is 1. The minimum atomic E-state index is -0.121. The summed E-state index contributed by atoms with van der Waals surface area (Å²) in [7, 11) is 1.67. The van der Waals surface area contributed by atoms with Gasteiger partial charge in [-0.15, -0.1) is 0 Å². The summed E-state index contributed by atoms with van der Waals surface area (Å²) in [5, 5.41) is 3.37. The van der Waals surface area contributed by atoms with E-state index in [1.165, 1.54) is 0 Å². The van der Waals surface area contributed by atoms with E-state index in [2.05, 4.69) is 17.6 Å². The molecule has 1 aromatic rings. The van der Waals surface area contributed by atoms with Crippen LogP contribution in [0.2, 0.25) is 0 Å². The van der Waals surface area contributed by atoms with Gasteiger partial charge in [0.2, 0.25) is 5.91 Å². The van der Waals surface area contributed by atoms with Crippen molar-refractivity contribution in [2.75, 3.05) is 25.7 Å². The van der Waals surface area contributed by atoms with Crippen molar-refractivity contribution in [2.24, 2.45) is 0 Å². The van der Waals surface area contributed by atoms with Crippen molar-refractivity contribution < 1.29 is 9.53 Å². The first-order valence-corrected chi connectivity index (χ1v) is 8.18. The van der Waals surface area contributed by atoms with E-state index in [9.17, 15) is 4.79 Å². The van der Waals surface area contributed by atoms with Crippen LogP contribution in [0.15, 0.2) is 18.2 Å². The summed E-state index contributed by atoms with van der Waals surface area (Å²) < 4.78 is 5.29. The molecule has 110 valence electrons. The Morgan fingerprint density at radius 2 is 2.20 bits per heavy atom. The number of thioether (sulfide) groups is 1. The number of hydrogen-bond acceptors (Lipinski definition) is 4. The van der Waals surface area contributed by atoms with Crippen molar-refractivity contribution in [2.45, 2.75) is 26.1 Å². The Hall–Kier alpha value is -1.20. The van der Waals surface area contributed by atoms with E-state index in [1.54, 1.807) is 18.9 Å². The summed E-state index contributed by atoms with van der Waals surface area (Å²) in [4.78, 5) is 14.2. The molecule has 1 amide bonds. The van der Waals surface area contributed by atoms with Crippen LogP contribution in [0.25, 0.3) is 0 Å². The number of rotatable bonds is 5. The molecule has 4 nitrogen and oxygen atoms in total. The number of aryl methyl sites for hydroxylation is 1. The molecule has 1 saturated heterocycles. The second-order valence-corrected chi connectivity index (χ2v) is 6.03. The predicted molar refractivity (Wildman–Crippen MR) is 83.2 cm³/mol. The molecule has 1 heterocycles. The van der Waals surface area contributed by atoms with Gasteiger partial charge in [-0.2, -0.15) is 11.8 Å². The molecule has 1 aliphatic rings. The third kappa shape index (κ3) is 2.94. The molecule has 0 bridgehead atoms. The number of benzene rings is 1. The summed E-state index contributed by atoms with van der Waals surface area (Å²) in [6, 6.07) is 5.96. The van der Waals surface area contributed by atoms with Gasteiger partial charge in [0.05, 0.1) is 13.2 Å². The van der Waals surface area contributed by atoms with Crippen molar-refractivity contribution >= 4 is 17.7 Å². The lowest BCUT2D eigenvalue weighted by atomic mass is 10.1. The van der Waals surface area contributed by atoms with Gasteiger partial charge in [-0.05, 0) is 43.4 Å². The molecular formula is C15H22N2O2S. The fourth-order valence-electron chi connectivity index (χ4n) is 2.55. The molecule has 0 saturated carbocycles. The van der Waals surface area contributed by atoms with Crippen molar-refractivity contribution in [3.63, 3.8) is 0 Å². The molecule has 1 aromatic carbocycles. The van der Waals surface area contributed by atoms with Gasteiger partial charge in [-0.3, -0.25) is 10.1 Å². The molecule has 1 aliphatic heterocycles. The van der Waals surface area contributed by atoms with Crippen LogP contribution in [0.4, 0.5) is 0 Å². The lowest BCUT2D eigenvalue weighted by Gasteiger charge is -2.25. The third-order valence-electron chi connectivity index (χ3n) is 3.64. The molecule has 5 heteroatoms. The highest BCUT2D eigenvalue weighted by Gasteiger charge is 2.36. The maximum absolute atomic E-state index is 12.2. The van der Waals surface area contributed by atoms with Gasteiger partial charge < -0.3 is 9.64 Å². The van der Waals surface area contributed by atoms with Gasteiger partial charge in [-0.25, -0.2) is 0 Å². The third-order valence-corrected chi connectivity index (χ3v) is 4.23. The number of carbonyl (C=O) groups is 1. The van der Waals surface area contributed by atoms with Crippen LogP contribution in [0, 0.1) is 6.92 Å². The van der Waals surface area contributed by atoms with Crippen LogP contribution in [0.3, 0.4) is 0 Å². The topological polar surface area (TPSA) is 41.6 Å². The molecule has 1 N–H and O–H groups in total. The van der Waals surface area contributed by atoms with E-state index in [4.69, 9.17) is 4.74 Å². The van der Waals surface area contributed by atoms with Crippen molar-refractivity contribution in [1.29, 1.82) is 0 Å². The highest BCUT2D eigenvalue weighted by atomic mass is 32.2. The average molecular weight is 294 g/mol. The summed E-state index contributed by atoms with van der Waals surface area (Å²) in [6.45, 7) is 4.71. The van der Waals surface area contributed by atoms with Gasteiger partial charge >= 0.3 is 0 Å². The van der Waals surface area contributed by atoms with Gasteiger partial charge in [-0.1, -0.05) is 6.07 Å². The minimum Gasteiger partial charge on any atom is -0.496 e. The zero-order chi connectivity index (χ0) is 14.7. The number of ether oxygens (including phenoxy) is 1. The number of carbonyl (C=O) groups excluding carboxylic acids is 1. The first-order valence-electron chi connectivity index (χ1n) is 6.78. The number of methoxy groups -OCH3 is 1. The van der Waals surface area contributed by atoms with E-state index < -0.39 is 0 Å². The van der Waals surface area contributed by atoms with Gasteiger partial charge in [0.1, 0.15) is 11.9 Å². The largest absolute Gasteiger partial charge is 0.496 e. The Balaban J connectivity index is 2.25. The molecule has 2 unspecified atom stereocenters. The average Bonchev–Trinajstić information content (AvgIpc) is 2.72. The maximum atomic E-state index is 12.2. The lowest BCUT2D eigenvalue weighted by molar-refractivity contribution is -0.129. The van der Waals surface area contributed by atoms with Crippen LogP contribution in [-0.2, 0) is 4.79 Å². The molecule has 0 radical (unpaired) electrons. The molecule has 1 fully saturated rings. The Morgan fingerprint density at radius 1 is 1.45 bits per heavy atom. The Morgan fingerprint density at radius 3 is 2.80 bits per heavy atom. The summed E-state index contributed by atoms with van der Waals surface area (Å²) in [5.74, 6) is 2.01. The molecular weight excluding hydrogens is 272 g/mol. The molecule has 0 spiro atoms. The molecule has 20 heavy (non-hydrogen) atoms. The zero-order valence-corrected chi connectivity index (χ0v) is 13.3. The van der Waals surface area contributed by atoms with E-state index in [1.807, 2.05) is 30.9 Å². The Kier molecular flexibility index (Phi) is 4.94. The molecule has 0 aromatic heterocycles. The molecule has 0 aliphatic carbocycles. The molecule has 2 rings (SSSR count). The quantitative estimate of drug-likeness (QED) is 0.904. The van der Waals surface area contributed by atoms with Crippen LogP contribution < -0.4 is 10.1 Å². The van der Waals surface area contributed by atoms with Crippen LogP contribution >= 0.6 is 11.8 Å². The summed E-state index contributed by atoms with van der Waals surface area (Å²) in [6.07, 6.45) is 2.03. The first kappa shape index (κ1) is 15.2.